The fourth-order valence-electron chi connectivity index (χ4n) is 1.71. The molecule has 0 aliphatic rings. The van der Waals surface area contributed by atoms with E-state index in [1.807, 2.05) is 6.92 Å². The Morgan fingerprint density at radius 2 is 2.05 bits per heavy atom. The van der Waals surface area contributed by atoms with Gasteiger partial charge in [0.05, 0.1) is 10.6 Å². The van der Waals surface area contributed by atoms with Gasteiger partial charge >= 0.3 is 0 Å². The van der Waals surface area contributed by atoms with Gasteiger partial charge in [-0.05, 0) is 31.7 Å². The van der Waals surface area contributed by atoms with E-state index in [1.165, 1.54) is 6.20 Å². The molecule has 5 heteroatoms. The summed E-state index contributed by atoms with van der Waals surface area (Å²) >= 11 is 6.01. The van der Waals surface area contributed by atoms with Gasteiger partial charge < -0.3 is 10.6 Å². The summed E-state index contributed by atoms with van der Waals surface area (Å²) in [5.74, 6) is 1.09. The maximum Gasteiger partial charge on any atom is 0.253 e. The average molecular weight is 284 g/mol. The zero-order valence-corrected chi connectivity index (χ0v) is 12.7. The molecule has 0 aliphatic carbocycles. The van der Waals surface area contributed by atoms with E-state index in [0.29, 0.717) is 22.3 Å². The Hall–Kier alpha value is -1.29. The highest BCUT2D eigenvalue weighted by molar-refractivity contribution is 6.33. The maximum atomic E-state index is 12.0. The van der Waals surface area contributed by atoms with Gasteiger partial charge in [-0.15, -0.1) is 0 Å². The molecular weight excluding hydrogens is 262 g/mol. The van der Waals surface area contributed by atoms with Crippen molar-refractivity contribution in [3.05, 3.63) is 22.8 Å². The summed E-state index contributed by atoms with van der Waals surface area (Å²) < 4.78 is 0. The lowest BCUT2D eigenvalue weighted by Gasteiger charge is -2.15. The van der Waals surface area contributed by atoms with Crippen LogP contribution in [0, 0.1) is 5.92 Å². The van der Waals surface area contributed by atoms with Crippen molar-refractivity contribution in [3.63, 3.8) is 0 Å². The molecule has 19 heavy (non-hydrogen) atoms. The van der Waals surface area contributed by atoms with Crippen molar-refractivity contribution in [1.82, 2.24) is 10.3 Å². The quantitative estimate of drug-likeness (QED) is 0.842. The van der Waals surface area contributed by atoms with Crippen LogP contribution in [0.25, 0.3) is 0 Å². The van der Waals surface area contributed by atoms with E-state index in [4.69, 9.17) is 11.6 Å². The van der Waals surface area contributed by atoms with E-state index in [9.17, 15) is 4.79 Å². The number of amides is 1. The molecule has 0 saturated heterocycles. The summed E-state index contributed by atoms with van der Waals surface area (Å²) in [7, 11) is 1.74. The summed E-state index contributed by atoms with van der Waals surface area (Å²) in [5, 5.41) is 6.27. The van der Waals surface area contributed by atoms with Crippen molar-refractivity contribution in [1.29, 1.82) is 0 Å². The number of hydrogen-bond acceptors (Lipinski definition) is 3. The lowest BCUT2D eigenvalue weighted by molar-refractivity contribution is 0.0937. The van der Waals surface area contributed by atoms with Crippen LogP contribution in [0.3, 0.4) is 0 Å². The lowest BCUT2D eigenvalue weighted by Crippen LogP contribution is -2.32. The third kappa shape index (κ3) is 5.07. The van der Waals surface area contributed by atoms with Gasteiger partial charge in [-0.25, -0.2) is 4.98 Å². The summed E-state index contributed by atoms with van der Waals surface area (Å²) in [6.45, 7) is 6.36. The second-order valence-electron chi connectivity index (χ2n) is 5.15. The molecule has 0 fully saturated rings. The van der Waals surface area contributed by atoms with Crippen LogP contribution in [0.15, 0.2) is 12.3 Å². The molecule has 4 nitrogen and oxygen atoms in total. The summed E-state index contributed by atoms with van der Waals surface area (Å²) in [6, 6.07) is 1.78. The highest BCUT2D eigenvalue weighted by atomic mass is 35.5. The zero-order valence-electron chi connectivity index (χ0n) is 12.0. The number of nitrogens with zero attached hydrogens (tertiary/aromatic N) is 1. The van der Waals surface area contributed by atoms with Gasteiger partial charge in [0.25, 0.3) is 5.91 Å². The van der Waals surface area contributed by atoms with Crippen LogP contribution < -0.4 is 10.6 Å². The predicted molar refractivity (Wildman–Crippen MR) is 79.8 cm³/mol. The Labute approximate surface area is 120 Å². The number of anilines is 1. The molecule has 1 aromatic rings. The first-order valence-corrected chi connectivity index (χ1v) is 6.96. The highest BCUT2D eigenvalue weighted by Crippen LogP contribution is 2.19. The smallest absolute Gasteiger partial charge is 0.253 e. The third-order valence-corrected chi connectivity index (χ3v) is 3.18. The Kier molecular flexibility index (Phi) is 6.09. The molecular formula is C14H22ClN3O. The maximum absolute atomic E-state index is 12.0. The molecule has 1 heterocycles. The van der Waals surface area contributed by atoms with Crippen LogP contribution >= 0.6 is 11.6 Å². The van der Waals surface area contributed by atoms with Gasteiger partial charge in [-0.1, -0.05) is 25.4 Å². The molecule has 0 radical (unpaired) electrons. The van der Waals surface area contributed by atoms with E-state index in [2.05, 4.69) is 29.5 Å². The molecule has 106 valence electrons. The topological polar surface area (TPSA) is 54.0 Å². The molecule has 1 rings (SSSR count). The molecule has 0 spiro atoms. The monoisotopic (exact) mass is 283 g/mol. The van der Waals surface area contributed by atoms with Crippen LogP contribution in [0.2, 0.25) is 5.02 Å². The fourth-order valence-corrected chi connectivity index (χ4v) is 1.97. The number of rotatable bonds is 6. The van der Waals surface area contributed by atoms with Crippen LogP contribution in [-0.4, -0.2) is 24.0 Å². The van der Waals surface area contributed by atoms with Crippen LogP contribution in [0.1, 0.15) is 44.0 Å². The normalized spacial score (nSPS) is 12.3. The molecule has 0 bridgehead atoms. The van der Waals surface area contributed by atoms with Crippen molar-refractivity contribution in [2.24, 2.45) is 5.92 Å². The van der Waals surface area contributed by atoms with Gasteiger partial charge in [-0.3, -0.25) is 4.79 Å². The van der Waals surface area contributed by atoms with Crippen LogP contribution in [-0.2, 0) is 0 Å². The fraction of sp³-hybridized carbons (Fsp3) is 0.571. The number of nitrogens with one attached hydrogen (secondary N) is 2. The number of hydrogen-bond donors (Lipinski definition) is 2. The minimum absolute atomic E-state index is 0.131. The first-order chi connectivity index (χ1) is 8.93. The van der Waals surface area contributed by atoms with Crippen molar-refractivity contribution >= 4 is 23.3 Å². The average Bonchev–Trinajstić information content (AvgIpc) is 2.36. The Morgan fingerprint density at radius 1 is 1.37 bits per heavy atom. The summed E-state index contributed by atoms with van der Waals surface area (Å²) in [4.78, 5) is 16.1. The van der Waals surface area contributed by atoms with Gasteiger partial charge in [-0.2, -0.15) is 0 Å². The van der Waals surface area contributed by atoms with E-state index in [1.54, 1.807) is 13.1 Å². The van der Waals surface area contributed by atoms with Gasteiger partial charge in [0, 0.05) is 19.3 Å². The number of carbonyl (C=O) groups is 1. The largest absolute Gasteiger partial charge is 0.372 e. The number of pyridine rings is 1. The Bertz CT molecular complexity index is 435. The lowest BCUT2D eigenvalue weighted by atomic mass is 10.0. The summed E-state index contributed by atoms with van der Waals surface area (Å²) in [5.41, 5.74) is 0.486. The van der Waals surface area contributed by atoms with Crippen molar-refractivity contribution in [3.8, 4) is 0 Å². The van der Waals surface area contributed by atoms with Crippen LogP contribution in [0.4, 0.5) is 5.82 Å². The molecule has 1 aromatic heterocycles. The van der Waals surface area contributed by atoms with Gasteiger partial charge in [0.1, 0.15) is 5.82 Å². The van der Waals surface area contributed by atoms with E-state index in [0.717, 1.165) is 12.8 Å². The van der Waals surface area contributed by atoms with Crippen molar-refractivity contribution in [2.75, 3.05) is 12.4 Å². The third-order valence-electron chi connectivity index (χ3n) is 2.89. The molecule has 0 aromatic carbocycles. The second-order valence-corrected chi connectivity index (χ2v) is 5.56. The molecule has 1 amide bonds. The SMILES string of the molecule is CNc1ncc(C(=O)NC(C)CCC(C)C)cc1Cl. The Morgan fingerprint density at radius 3 is 2.58 bits per heavy atom. The van der Waals surface area contributed by atoms with Crippen LogP contribution in [0.5, 0.6) is 0 Å². The van der Waals surface area contributed by atoms with Crippen molar-refractivity contribution < 1.29 is 4.79 Å². The molecule has 0 saturated carbocycles. The van der Waals surface area contributed by atoms with Crippen molar-refractivity contribution in [2.45, 2.75) is 39.7 Å². The zero-order chi connectivity index (χ0) is 14.4. The first-order valence-electron chi connectivity index (χ1n) is 6.58. The number of aromatic nitrogens is 1. The second kappa shape index (κ2) is 7.34. The Balaban J connectivity index is 2.60. The van der Waals surface area contributed by atoms with Gasteiger partial charge in [0.2, 0.25) is 0 Å². The number of carbonyl (C=O) groups excluding carboxylic acids is 1. The number of halogens is 1. The molecule has 1 atom stereocenters. The summed E-state index contributed by atoms with van der Waals surface area (Å²) in [6.07, 6.45) is 3.60. The molecule has 1 unspecified atom stereocenters. The van der Waals surface area contributed by atoms with E-state index < -0.39 is 0 Å². The predicted octanol–water partition coefficient (Wildman–Crippen LogP) is 3.33. The first kappa shape index (κ1) is 15.8. The molecule has 0 aliphatic heterocycles. The highest BCUT2D eigenvalue weighted by Gasteiger charge is 2.12. The van der Waals surface area contributed by atoms with E-state index >= 15 is 0 Å². The van der Waals surface area contributed by atoms with E-state index in [-0.39, 0.29) is 11.9 Å². The standard InChI is InChI=1S/C14H22ClN3O/c1-9(2)5-6-10(3)18-14(19)11-7-12(15)13(16-4)17-8-11/h7-10H,5-6H2,1-4H3,(H,16,17)(H,18,19). The van der Waals surface area contributed by atoms with Gasteiger partial charge in [0.15, 0.2) is 0 Å². The minimum atomic E-state index is -0.131. The minimum Gasteiger partial charge on any atom is -0.372 e. The molecule has 2 N–H and O–H groups in total.